The quantitative estimate of drug-likeness (QED) is 0.709. The molecule has 0 amide bonds. The SMILES string of the molecule is COc1ccc([C@@H]2CCCN2c2cc(C)nc(-c3ccncc3)n2)cc1. The van der Waals surface area contributed by atoms with Crippen molar-refractivity contribution in [2.45, 2.75) is 25.8 Å². The molecular formula is C21H22N4O. The van der Waals surface area contributed by atoms with Gasteiger partial charge in [-0.2, -0.15) is 0 Å². The van der Waals surface area contributed by atoms with Crippen molar-refractivity contribution in [1.82, 2.24) is 15.0 Å². The lowest BCUT2D eigenvalue weighted by atomic mass is 10.0. The van der Waals surface area contributed by atoms with Gasteiger partial charge in [-0.15, -0.1) is 0 Å². The number of aromatic nitrogens is 3. The van der Waals surface area contributed by atoms with Gasteiger partial charge in [-0.25, -0.2) is 9.97 Å². The van der Waals surface area contributed by atoms with E-state index in [2.05, 4.69) is 33.1 Å². The average Bonchev–Trinajstić information content (AvgIpc) is 3.18. The van der Waals surface area contributed by atoms with Crippen molar-refractivity contribution in [3.8, 4) is 17.1 Å². The Morgan fingerprint density at radius 1 is 1.04 bits per heavy atom. The van der Waals surface area contributed by atoms with E-state index >= 15 is 0 Å². The molecule has 0 spiro atoms. The molecule has 0 aliphatic carbocycles. The molecule has 1 aromatic carbocycles. The van der Waals surface area contributed by atoms with Crippen LogP contribution in [0.5, 0.6) is 5.75 Å². The van der Waals surface area contributed by atoms with Crippen LogP contribution in [0.25, 0.3) is 11.4 Å². The van der Waals surface area contributed by atoms with E-state index < -0.39 is 0 Å². The molecule has 4 rings (SSSR count). The highest BCUT2D eigenvalue weighted by atomic mass is 16.5. The van der Waals surface area contributed by atoms with Crippen LogP contribution in [-0.2, 0) is 0 Å². The largest absolute Gasteiger partial charge is 0.497 e. The fourth-order valence-corrected chi connectivity index (χ4v) is 3.54. The fourth-order valence-electron chi connectivity index (χ4n) is 3.54. The van der Waals surface area contributed by atoms with Crippen LogP contribution >= 0.6 is 0 Å². The van der Waals surface area contributed by atoms with Crippen LogP contribution in [0.2, 0.25) is 0 Å². The van der Waals surface area contributed by atoms with Gasteiger partial charge in [-0.1, -0.05) is 12.1 Å². The second-order valence-corrected chi connectivity index (χ2v) is 6.55. The molecule has 1 saturated heterocycles. The topological polar surface area (TPSA) is 51.1 Å². The maximum absolute atomic E-state index is 5.28. The van der Waals surface area contributed by atoms with Gasteiger partial charge < -0.3 is 9.64 Å². The number of anilines is 1. The minimum Gasteiger partial charge on any atom is -0.497 e. The van der Waals surface area contributed by atoms with Crippen molar-refractivity contribution < 1.29 is 4.74 Å². The van der Waals surface area contributed by atoms with Gasteiger partial charge in [0.05, 0.1) is 13.2 Å². The number of aryl methyl sites for hydroxylation is 1. The molecule has 0 bridgehead atoms. The van der Waals surface area contributed by atoms with E-state index in [0.29, 0.717) is 6.04 Å². The van der Waals surface area contributed by atoms with E-state index in [1.165, 1.54) is 5.56 Å². The number of pyridine rings is 1. The van der Waals surface area contributed by atoms with Crippen LogP contribution in [0.1, 0.15) is 30.1 Å². The standard InChI is InChI=1S/C21H22N4O/c1-15-14-20(24-21(23-15)17-9-11-22-12-10-17)25-13-3-4-19(25)16-5-7-18(26-2)8-6-16/h5-12,14,19H,3-4,13H2,1-2H3/t19-/m0/s1. The lowest BCUT2D eigenvalue weighted by molar-refractivity contribution is 0.414. The highest BCUT2D eigenvalue weighted by molar-refractivity contribution is 5.58. The summed E-state index contributed by atoms with van der Waals surface area (Å²) >= 11 is 0. The summed E-state index contributed by atoms with van der Waals surface area (Å²) in [5, 5.41) is 0. The van der Waals surface area contributed by atoms with Gasteiger partial charge in [0.15, 0.2) is 5.82 Å². The molecule has 0 N–H and O–H groups in total. The van der Waals surface area contributed by atoms with Gasteiger partial charge >= 0.3 is 0 Å². The molecule has 0 unspecified atom stereocenters. The first-order valence-corrected chi connectivity index (χ1v) is 8.91. The number of rotatable bonds is 4. The molecule has 3 aromatic rings. The van der Waals surface area contributed by atoms with Crippen LogP contribution in [-0.4, -0.2) is 28.6 Å². The molecule has 3 heterocycles. The Morgan fingerprint density at radius 3 is 2.54 bits per heavy atom. The normalized spacial score (nSPS) is 16.7. The summed E-state index contributed by atoms with van der Waals surface area (Å²) in [6, 6.07) is 14.7. The first kappa shape index (κ1) is 16.5. The molecule has 0 radical (unpaired) electrons. The third kappa shape index (κ3) is 3.25. The van der Waals surface area contributed by atoms with Gasteiger partial charge in [0.1, 0.15) is 11.6 Å². The van der Waals surface area contributed by atoms with Crippen molar-refractivity contribution in [3.05, 3.63) is 66.1 Å². The summed E-state index contributed by atoms with van der Waals surface area (Å²) in [6.45, 7) is 3.03. The van der Waals surface area contributed by atoms with Crippen molar-refractivity contribution >= 4 is 5.82 Å². The molecular weight excluding hydrogens is 324 g/mol. The predicted molar refractivity (Wildman–Crippen MR) is 102 cm³/mol. The Bertz CT molecular complexity index is 880. The van der Waals surface area contributed by atoms with E-state index in [4.69, 9.17) is 9.72 Å². The molecule has 5 nitrogen and oxygen atoms in total. The van der Waals surface area contributed by atoms with Crippen LogP contribution in [0, 0.1) is 6.92 Å². The summed E-state index contributed by atoms with van der Waals surface area (Å²) in [5.41, 5.74) is 3.26. The lowest BCUT2D eigenvalue weighted by Gasteiger charge is -2.27. The Labute approximate surface area is 153 Å². The molecule has 26 heavy (non-hydrogen) atoms. The predicted octanol–water partition coefficient (Wildman–Crippen LogP) is 4.20. The lowest BCUT2D eigenvalue weighted by Crippen LogP contribution is -2.24. The molecule has 132 valence electrons. The van der Waals surface area contributed by atoms with Crippen LogP contribution in [0.3, 0.4) is 0 Å². The number of methoxy groups -OCH3 is 1. The van der Waals surface area contributed by atoms with E-state index in [9.17, 15) is 0 Å². The summed E-state index contributed by atoms with van der Waals surface area (Å²) in [6.07, 6.45) is 5.83. The molecule has 1 aliphatic heterocycles. The van der Waals surface area contributed by atoms with Crippen molar-refractivity contribution in [3.63, 3.8) is 0 Å². The Morgan fingerprint density at radius 2 is 1.81 bits per heavy atom. The van der Waals surface area contributed by atoms with E-state index in [-0.39, 0.29) is 0 Å². The zero-order chi connectivity index (χ0) is 17.9. The van der Waals surface area contributed by atoms with Crippen molar-refractivity contribution in [1.29, 1.82) is 0 Å². The molecule has 2 aromatic heterocycles. The summed E-state index contributed by atoms with van der Waals surface area (Å²) in [5.74, 6) is 2.63. The van der Waals surface area contributed by atoms with E-state index in [0.717, 1.165) is 48.0 Å². The Hall–Kier alpha value is -2.95. The smallest absolute Gasteiger partial charge is 0.161 e. The highest BCUT2D eigenvalue weighted by Gasteiger charge is 2.27. The third-order valence-electron chi connectivity index (χ3n) is 4.83. The first-order chi connectivity index (χ1) is 12.7. The molecule has 1 fully saturated rings. The highest BCUT2D eigenvalue weighted by Crippen LogP contribution is 2.36. The van der Waals surface area contributed by atoms with Crippen LogP contribution in [0.4, 0.5) is 5.82 Å². The monoisotopic (exact) mass is 346 g/mol. The second-order valence-electron chi connectivity index (χ2n) is 6.55. The zero-order valence-electron chi connectivity index (χ0n) is 15.1. The Kier molecular flexibility index (Phi) is 4.52. The summed E-state index contributed by atoms with van der Waals surface area (Å²) in [4.78, 5) is 15.9. The van der Waals surface area contributed by atoms with E-state index in [1.807, 2.05) is 31.2 Å². The van der Waals surface area contributed by atoms with Crippen LogP contribution < -0.4 is 9.64 Å². The number of nitrogens with zero attached hydrogens (tertiary/aromatic N) is 4. The first-order valence-electron chi connectivity index (χ1n) is 8.91. The zero-order valence-corrected chi connectivity index (χ0v) is 15.1. The maximum Gasteiger partial charge on any atom is 0.161 e. The third-order valence-corrected chi connectivity index (χ3v) is 4.83. The van der Waals surface area contributed by atoms with Crippen molar-refractivity contribution in [2.75, 3.05) is 18.6 Å². The van der Waals surface area contributed by atoms with Crippen molar-refractivity contribution in [2.24, 2.45) is 0 Å². The van der Waals surface area contributed by atoms with Gasteiger partial charge in [0.25, 0.3) is 0 Å². The summed E-state index contributed by atoms with van der Waals surface area (Å²) < 4.78 is 5.28. The number of hydrogen-bond donors (Lipinski definition) is 0. The molecule has 1 atom stereocenters. The van der Waals surface area contributed by atoms with Crippen LogP contribution in [0.15, 0.2) is 54.9 Å². The fraction of sp³-hybridized carbons (Fsp3) is 0.286. The maximum atomic E-state index is 5.28. The number of benzene rings is 1. The number of hydrogen-bond acceptors (Lipinski definition) is 5. The number of ether oxygens (including phenoxy) is 1. The molecule has 1 aliphatic rings. The van der Waals surface area contributed by atoms with Gasteiger partial charge in [-0.3, -0.25) is 4.98 Å². The minimum atomic E-state index is 0.334. The average molecular weight is 346 g/mol. The summed E-state index contributed by atoms with van der Waals surface area (Å²) in [7, 11) is 1.70. The van der Waals surface area contributed by atoms with Gasteiger partial charge in [0.2, 0.25) is 0 Å². The van der Waals surface area contributed by atoms with Gasteiger partial charge in [0, 0.05) is 36.3 Å². The molecule has 5 heteroatoms. The van der Waals surface area contributed by atoms with Gasteiger partial charge in [-0.05, 0) is 49.6 Å². The molecule has 0 saturated carbocycles. The minimum absolute atomic E-state index is 0.334. The van der Waals surface area contributed by atoms with E-state index in [1.54, 1.807) is 19.5 Å². The Balaban J connectivity index is 1.68. The second kappa shape index (κ2) is 7.12.